The van der Waals surface area contributed by atoms with E-state index in [2.05, 4.69) is 123 Å². The van der Waals surface area contributed by atoms with Crippen LogP contribution in [0.4, 0.5) is 0 Å². The molecule has 1 aliphatic carbocycles. The van der Waals surface area contributed by atoms with Crippen LogP contribution in [-0.2, 0) is 12.0 Å². The van der Waals surface area contributed by atoms with Crippen molar-refractivity contribution in [3.8, 4) is 73.3 Å². The van der Waals surface area contributed by atoms with Crippen LogP contribution in [0, 0.1) is 0 Å². The molecule has 0 saturated heterocycles. The Labute approximate surface area is 312 Å². The smallest absolute Gasteiger partial charge is 0.164 e. The van der Waals surface area contributed by atoms with Gasteiger partial charge in [-0.1, -0.05) is 135 Å². The molecule has 9 aromatic rings. The van der Waals surface area contributed by atoms with Crippen molar-refractivity contribution in [2.75, 3.05) is 0 Å². The summed E-state index contributed by atoms with van der Waals surface area (Å²) in [7, 11) is 0. The Kier molecular flexibility index (Phi) is 6.59. The third-order valence-corrected chi connectivity index (χ3v) is 11.2. The second kappa shape index (κ2) is 11.6. The first-order valence-electron chi connectivity index (χ1n) is 18.4. The first kappa shape index (κ1) is 30.7. The quantitative estimate of drug-likeness (QED) is 0.183. The van der Waals surface area contributed by atoms with Crippen molar-refractivity contribution in [3.63, 3.8) is 0 Å². The van der Waals surface area contributed by atoms with Crippen LogP contribution in [0.2, 0.25) is 0 Å². The summed E-state index contributed by atoms with van der Waals surface area (Å²) in [5.74, 6) is 2.65. The molecule has 0 unspecified atom stereocenters. The lowest BCUT2D eigenvalue weighted by Crippen LogP contribution is -2.15. The molecular weight excluding hydrogens is 663 g/mol. The molecule has 0 N–H and O–H groups in total. The van der Waals surface area contributed by atoms with Gasteiger partial charge in [-0.05, 0) is 69.3 Å². The third-order valence-electron chi connectivity index (χ3n) is 11.2. The SMILES string of the molecule is CC1(C)c2ccccc2-c2ccc3c(oc4cc(-c5cccc(-c6nc(-c7ccccc7)nc(-c7cccc8c7-c7ccccc7CO8)n6)c5)ccc43)c21. The van der Waals surface area contributed by atoms with E-state index in [1.54, 1.807) is 0 Å². The van der Waals surface area contributed by atoms with E-state index in [1.165, 1.54) is 22.3 Å². The van der Waals surface area contributed by atoms with E-state index in [1.807, 2.05) is 42.5 Å². The predicted molar refractivity (Wildman–Crippen MR) is 216 cm³/mol. The van der Waals surface area contributed by atoms with Gasteiger partial charge in [0.2, 0.25) is 0 Å². The van der Waals surface area contributed by atoms with E-state index in [4.69, 9.17) is 24.1 Å². The fourth-order valence-electron chi connectivity index (χ4n) is 8.60. The zero-order chi connectivity index (χ0) is 36.0. The van der Waals surface area contributed by atoms with Crippen molar-refractivity contribution in [2.45, 2.75) is 25.9 Å². The van der Waals surface area contributed by atoms with Gasteiger partial charge in [0.05, 0.1) is 0 Å². The standard InChI is InChI=1S/C49H33N3O2/c1-49(2)40-20-9-8-18-35(40)37-24-25-38-36-23-22-31(27-42(36)54-45(38)44(37)49)30-15-10-16-32(26-30)47-50-46(29-12-4-3-5-13-29)51-48(52-47)39-19-11-21-41-43(39)34-17-7-6-14-33(34)28-53-41/h3-27H,28H2,1-2H3. The molecular formula is C49H33N3O2. The maximum Gasteiger partial charge on any atom is 0.164 e. The number of hydrogen-bond donors (Lipinski definition) is 0. The molecule has 0 saturated carbocycles. The minimum atomic E-state index is -0.159. The highest BCUT2D eigenvalue weighted by atomic mass is 16.5. The van der Waals surface area contributed by atoms with Gasteiger partial charge in [0.1, 0.15) is 23.5 Å². The van der Waals surface area contributed by atoms with E-state index in [9.17, 15) is 0 Å². The average Bonchev–Trinajstić information content (AvgIpc) is 3.72. The molecule has 256 valence electrons. The number of fused-ring (bicyclic) bond motifs is 10. The van der Waals surface area contributed by atoms with Gasteiger partial charge >= 0.3 is 0 Å². The first-order chi connectivity index (χ1) is 26.5. The molecule has 7 aromatic carbocycles. The van der Waals surface area contributed by atoms with Gasteiger partial charge < -0.3 is 9.15 Å². The van der Waals surface area contributed by atoms with Crippen molar-refractivity contribution < 1.29 is 9.15 Å². The summed E-state index contributed by atoms with van der Waals surface area (Å²) in [6, 6.07) is 52.8. The lowest BCUT2D eigenvalue weighted by Gasteiger charge is -2.23. The number of ether oxygens (including phenoxy) is 1. The molecule has 54 heavy (non-hydrogen) atoms. The van der Waals surface area contributed by atoms with Gasteiger partial charge in [-0.15, -0.1) is 0 Å². The number of hydrogen-bond acceptors (Lipinski definition) is 5. The molecule has 1 aliphatic heterocycles. The molecule has 2 aromatic heterocycles. The van der Waals surface area contributed by atoms with Crippen molar-refractivity contribution in [1.82, 2.24) is 15.0 Å². The van der Waals surface area contributed by atoms with Gasteiger partial charge in [0.15, 0.2) is 17.5 Å². The maximum absolute atomic E-state index is 6.80. The Balaban J connectivity index is 1.04. The molecule has 5 nitrogen and oxygen atoms in total. The van der Waals surface area contributed by atoms with E-state index in [0.29, 0.717) is 24.1 Å². The van der Waals surface area contributed by atoms with Crippen LogP contribution >= 0.6 is 0 Å². The monoisotopic (exact) mass is 695 g/mol. The molecule has 0 amide bonds. The first-order valence-corrected chi connectivity index (χ1v) is 18.4. The number of aromatic nitrogens is 3. The molecule has 2 aliphatic rings. The van der Waals surface area contributed by atoms with E-state index in [0.717, 1.165) is 72.2 Å². The van der Waals surface area contributed by atoms with Crippen LogP contribution in [0.25, 0.3) is 89.5 Å². The van der Waals surface area contributed by atoms with Gasteiger partial charge in [-0.2, -0.15) is 0 Å². The second-order valence-electron chi connectivity index (χ2n) is 14.7. The van der Waals surface area contributed by atoms with E-state index >= 15 is 0 Å². The van der Waals surface area contributed by atoms with Gasteiger partial charge in [-0.25, -0.2) is 15.0 Å². The summed E-state index contributed by atoms with van der Waals surface area (Å²) >= 11 is 0. The third kappa shape index (κ3) is 4.61. The summed E-state index contributed by atoms with van der Waals surface area (Å²) in [6.07, 6.45) is 0. The Hall–Kier alpha value is -6.85. The highest BCUT2D eigenvalue weighted by molar-refractivity contribution is 6.10. The summed E-state index contributed by atoms with van der Waals surface area (Å²) in [4.78, 5) is 15.3. The minimum absolute atomic E-state index is 0.159. The van der Waals surface area contributed by atoms with Crippen LogP contribution in [0.3, 0.4) is 0 Å². The Bertz CT molecular complexity index is 2980. The van der Waals surface area contributed by atoms with Crippen LogP contribution in [0.15, 0.2) is 156 Å². The number of furan rings is 1. The van der Waals surface area contributed by atoms with Crippen LogP contribution in [0.1, 0.15) is 30.5 Å². The van der Waals surface area contributed by atoms with Gasteiger partial charge in [0, 0.05) is 44.0 Å². The Morgan fingerprint density at radius 1 is 0.500 bits per heavy atom. The molecule has 0 radical (unpaired) electrons. The molecule has 3 heterocycles. The van der Waals surface area contributed by atoms with Crippen LogP contribution in [-0.4, -0.2) is 15.0 Å². The molecule has 0 bridgehead atoms. The lowest BCUT2D eigenvalue weighted by molar-refractivity contribution is 0.302. The number of nitrogens with zero attached hydrogens (tertiary/aromatic N) is 3. The summed E-state index contributed by atoms with van der Waals surface area (Å²) in [5.41, 5.74) is 15.0. The summed E-state index contributed by atoms with van der Waals surface area (Å²) in [6.45, 7) is 5.14. The lowest BCUT2D eigenvalue weighted by atomic mass is 9.82. The van der Waals surface area contributed by atoms with Crippen LogP contribution in [0.5, 0.6) is 5.75 Å². The Morgan fingerprint density at radius 2 is 1.17 bits per heavy atom. The van der Waals surface area contributed by atoms with Gasteiger partial charge in [-0.3, -0.25) is 0 Å². The minimum Gasteiger partial charge on any atom is -0.488 e. The summed E-state index contributed by atoms with van der Waals surface area (Å²) in [5, 5.41) is 2.26. The van der Waals surface area contributed by atoms with Crippen molar-refractivity contribution in [2.24, 2.45) is 0 Å². The molecule has 0 fully saturated rings. The van der Waals surface area contributed by atoms with Crippen LogP contribution < -0.4 is 4.74 Å². The summed E-state index contributed by atoms with van der Waals surface area (Å²) < 4.78 is 13.0. The zero-order valence-corrected chi connectivity index (χ0v) is 29.8. The fraction of sp³-hybridized carbons (Fsp3) is 0.0816. The zero-order valence-electron chi connectivity index (χ0n) is 29.8. The highest BCUT2D eigenvalue weighted by Crippen LogP contribution is 2.52. The fourth-order valence-corrected chi connectivity index (χ4v) is 8.60. The van der Waals surface area contributed by atoms with Crippen molar-refractivity contribution in [3.05, 3.63) is 168 Å². The second-order valence-corrected chi connectivity index (χ2v) is 14.7. The highest BCUT2D eigenvalue weighted by Gasteiger charge is 2.38. The molecule has 11 rings (SSSR count). The van der Waals surface area contributed by atoms with Gasteiger partial charge in [0.25, 0.3) is 0 Å². The Morgan fingerprint density at radius 3 is 2.06 bits per heavy atom. The topological polar surface area (TPSA) is 61.0 Å². The average molecular weight is 696 g/mol. The molecule has 5 heteroatoms. The number of rotatable bonds is 4. The van der Waals surface area contributed by atoms with Crippen molar-refractivity contribution >= 4 is 21.9 Å². The number of benzene rings is 7. The normalized spacial score (nSPS) is 13.6. The molecule has 0 atom stereocenters. The van der Waals surface area contributed by atoms with E-state index < -0.39 is 0 Å². The van der Waals surface area contributed by atoms with E-state index in [-0.39, 0.29) is 5.41 Å². The van der Waals surface area contributed by atoms with Crippen molar-refractivity contribution in [1.29, 1.82) is 0 Å². The largest absolute Gasteiger partial charge is 0.488 e. The maximum atomic E-state index is 6.80. The molecule has 0 spiro atoms. The predicted octanol–water partition coefficient (Wildman–Crippen LogP) is 12.3.